The lowest BCUT2D eigenvalue weighted by Crippen LogP contribution is -2.33. The predicted octanol–water partition coefficient (Wildman–Crippen LogP) is 2.93. The molecule has 3 nitrogen and oxygen atoms in total. The summed E-state index contributed by atoms with van der Waals surface area (Å²) in [6.07, 6.45) is 0. The van der Waals surface area contributed by atoms with Crippen molar-refractivity contribution in [2.75, 3.05) is 13.2 Å². The van der Waals surface area contributed by atoms with Crippen LogP contribution in [0, 0.1) is 3.57 Å². The number of carbonyl (C=O) groups is 1. The van der Waals surface area contributed by atoms with E-state index in [0.717, 1.165) is 9.13 Å². The molecule has 0 aromatic heterocycles. The van der Waals surface area contributed by atoms with E-state index in [1.807, 2.05) is 48.5 Å². The maximum atomic E-state index is 12.5. The Balaban J connectivity index is 2.18. The Bertz CT molecular complexity index is 572. The van der Waals surface area contributed by atoms with Crippen LogP contribution in [0.2, 0.25) is 0 Å². The molecular formula is C16H16INO2. The Labute approximate surface area is 132 Å². The zero-order valence-electron chi connectivity index (χ0n) is 11.0. The molecule has 1 amide bonds. The first-order valence-electron chi connectivity index (χ1n) is 6.40. The first kappa shape index (κ1) is 15.0. The fraction of sp³-hybridized carbons (Fsp3) is 0.188. The monoisotopic (exact) mass is 381 g/mol. The van der Waals surface area contributed by atoms with E-state index in [-0.39, 0.29) is 12.5 Å². The summed E-state index contributed by atoms with van der Waals surface area (Å²) in [5, 5.41) is 9.17. The summed E-state index contributed by atoms with van der Waals surface area (Å²) in [5.74, 6) is -0.0542. The number of rotatable bonds is 5. The van der Waals surface area contributed by atoms with Gasteiger partial charge in [-0.15, -0.1) is 0 Å². The first-order valence-corrected chi connectivity index (χ1v) is 7.48. The summed E-state index contributed by atoms with van der Waals surface area (Å²) in [4.78, 5) is 14.2. The lowest BCUT2D eigenvalue weighted by Gasteiger charge is -2.22. The molecule has 0 atom stereocenters. The molecule has 2 aromatic carbocycles. The Morgan fingerprint density at radius 1 is 1.10 bits per heavy atom. The summed E-state index contributed by atoms with van der Waals surface area (Å²) >= 11 is 2.19. The van der Waals surface area contributed by atoms with E-state index in [1.54, 1.807) is 11.0 Å². The molecule has 0 aliphatic heterocycles. The Morgan fingerprint density at radius 2 is 1.85 bits per heavy atom. The molecule has 20 heavy (non-hydrogen) atoms. The van der Waals surface area contributed by atoms with Gasteiger partial charge in [0.1, 0.15) is 0 Å². The van der Waals surface area contributed by atoms with Crippen LogP contribution in [-0.2, 0) is 6.54 Å². The Kier molecular flexibility index (Phi) is 5.55. The second-order valence-electron chi connectivity index (χ2n) is 4.45. The zero-order chi connectivity index (χ0) is 14.4. The molecule has 2 rings (SSSR count). The van der Waals surface area contributed by atoms with Crippen molar-refractivity contribution in [3.8, 4) is 0 Å². The molecule has 0 spiro atoms. The van der Waals surface area contributed by atoms with Crippen LogP contribution in [0.15, 0.2) is 54.6 Å². The van der Waals surface area contributed by atoms with Gasteiger partial charge in [0.15, 0.2) is 0 Å². The molecule has 1 N–H and O–H groups in total. The van der Waals surface area contributed by atoms with Gasteiger partial charge in [-0.3, -0.25) is 4.79 Å². The van der Waals surface area contributed by atoms with Crippen molar-refractivity contribution in [3.63, 3.8) is 0 Å². The molecule has 0 aliphatic rings. The van der Waals surface area contributed by atoms with Gasteiger partial charge in [-0.25, -0.2) is 0 Å². The number of benzene rings is 2. The zero-order valence-corrected chi connectivity index (χ0v) is 13.2. The quantitative estimate of drug-likeness (QED) is 0.810. The van der Waals surface area contributed by atoms with E-state index in [2.05, 4.69) is 22.6 Å². The molecule has 2 aromatic rings. The summed E-state index contributed by atoms with van der Waals surface area (Å²) < 4.78 is 1.03. The van der Waals surface area contributed by atoms with Crippen LogP contribution in [0.4, 0.5) is 0 Å². The predicted molar refractivity (Wildman–Crippen MR) is 87.4 cm³/mol. The molecule has 0 aliphatic carbocycles. The normalized spacial score (nSPS) is 10.3. The number of hydrogen-bond acceptors (Lipinski definition) is 2. The number of carbonyl (C=O) groups excluding carboxylic acids is 1. The highest BCUT2D eigenvalue weighted by molar-refractivity contribution is 14.1. The van der Waals surface area contributed by atoms with Crippen molar-refractivity contribution >= 4 is 28.5 Å². The minimum Gasteiger partial charge on any atom is -0.395 e. The Hall–Kier alpha value is -1.40. The lowest BCUT2D eigenvalue weighted by atomic mass is 10.1. The fourth-order valence-corrected chi connectivity index (χ4v) is 2.52. The summed E-state index contributed by atoms with van der Waals surface area (Å²) in [5.41, 5.74) is 1.71. The minimum atomic E-state index is -0.0542. The number of nitrogens with zero attached hydrogens (tertiary/aromatic N) is 1. The average molecular weight is 381 g/mol. The summed E-state index contributed by atoms with van der Waals surface area (Å²) in [6.45, 7) is 0.799. The first-order chi connectivity index (χ1) is 9.70. The van der Waals surface area contributed by atoms with Gasteiger partial charge >= 0.3 is 0 Å². The summed E-state index contributed by atoms with van der Waals surface area (Å²) in [6, 6.07) is 17.3. The van der Waals surface area contributed by atoms with Crippen LogP contribution >= 0.6 is 22.6 Å². The van der Waals surface area contributed by atoms with E-state index in [9.17, 15) is 4.79 Å². The highest BCUT2D eigenvalue weighted by Crippen LogP contribution is 2.13. The second kappa shape index (κ2) is 7.40. The molecular weight excluding hydrogens is 365 g/mol. The maximum absolute atomic E-state index is 12.5. The number of hydrogen-bond donors (Lipinski definition) is 1. The third-order valence-corrected chi connectivity index (χ3v) is 3.62. The van der Waals surface area contributed by atoms with Gasteiger partial charge in [-0.2, -0.15) is 0 Å². The van der Waals surface area contributed by atoms with Crippen molar-refractivity contribution in [1.29, 1.82) is 0 Å². The van der Waals surface area contributed by atoms with Crippen LogP contribution in [0.3, 0.4) is 0 Å². The average Bonchev–Trinajstić information content (AvgIpc) is 2.47. The van der Waals surface area contributed by atoms with E-state index in [4.69, 9.17) is 5.11 Å². The molecule has 0 unspecified atom stereocenters. The minimum absolute atomic E-state index is 0.0392. The number of aliphatic hydroxyl groups is 1. The highest BCUT2D eigenvalue weighted by atomic mass is 127. The molecule has 0 fully saturated rings. The molecule has 0 radical (unpaired) electrons. The van der Waals surface area contributed by atoms with Gasteiger partial charge in [-0.05, 0) is 46.4 Å². The molecule has 0 saturated heterocycles. The number of amides is 1. The van der Waals surface area contributed by atoms with Crippen LogP contribution in [0.25, 0.3) is 0 Å². The van der Waals surface area contributed by atoms with Crippen molar-refractivity contribution in [3.05, 3.63) is 69.3 Å². The van der Waals surface area contributed by atoms with Gasteiger partial charge in [0.05, 0.1) is 6.61 Å². The highest BCUT2D eigenvalue weighted by Gasteiger charge is 2.15. The lowest BCUT2D eigenvalue weighted by molar-refractivity contribution is 0.0708. The smallest absolute Gasteiger partial charge is 0.254 e. The third-order valence-electron chi connectivity index (χ3n) is 2.94. The van der Waals surface area contributed by atoms with Crippen molar-refractivity contribution in [1.82, 2.24) is 4.90 Å². The van der Waals surface area contributed by atoms with E-state index < -0.39 is 0 Å². The van der Waals surface area contributed by atoms with Gasteiger partial charge < -0.3 is 10.0 Å². The van der Waals surface area contributed by atoms with Crippen LogP contribution in [0.5, 0.6) is 0 Å². The van der Waals surface area contributed by atoms with Gasteiger partial charge in [0.25, 0.3) is 5.91 Å². The van der Waals surface area contributed by atoms with Gasteiger partial charge in [0.2, 0.25) is 0 Å². The molecule has 0 saturated carbocycles. The molecule has 4 heteroatoms. The summed E-state index contributed by atoms with van der Waals surface area (Å²) in [7, 11) is 0. The molecule has 104 valence electrons. The Morgan fingerprint density at radius 3 is 2.50 bits per heavy atom. The number of halogens is 1. The van der Waals surface area contributed by atoms with Crippen LogP contribution < -0.4 is 0 Å². The van der Waals surface area contributed by atoms with Gasteiger partial charge in [0, 0.05) is 22.2 Å². The largest absolute Gasteiger partial charge is 0.395 e. The molecule has 0 heterocycles. The van der Waals surface area contributed by atoms with Crippen LogP contribution in [0.1, 0.15) is 15.9 Å². The second-order valence-corrected chi connectivity index (χ2v) is 5.69. The van der Waals surface area contributed by atoms with E-state index in [1.165, 1.54) is 0 Å². The fourth-order valence-electron chi connectivity index (χ4n) is 1.98. The van der Waals surface area contributed by atoms with E-state index in [0.29, 0.717) is 18.7 Å². The van der Waals surface area contributed by atoms with Gasteiger partial charge in [-0.1, -0.05) is 36.4 Å². The van der Waals surface area contributed by atoms with Crippen molar-refractivity contribution < 1.29 is 9.90 Å². The topological polar surface area (TPSA) is 40.5 Å². The standard InChI is InChI=1S/C16H16INO2/c17-15-8-4-7-14(11-15)16(20)18(9-10-19)12-13-5-2-1-3-6-13/h1-8,11,19H,9-10,12H2. The van der Waals surface area contributed by atoms with Crippen LogP contribution in [-0.4, -0.2) is 29.1 Å². The molecule has 0 bridgehead atoms. The van der Waals surface area contributed by atoms with Crippen molar-refractivity contribution in [2.45, 2.75) is 6.54 Å². The maximum Gasteiger partial charge on any atom is 0.254 e. The van der Waals surface area contributed by atoms with E-state index >= 15 is 0 Å². The van der Waals surface area contributed by atoms with Crippen molar-refractivity contribution in [2.24, 2.45) is 0 Å². The number of aliphatic hydroxyl groups excluding tert-OH is 1. The third kappa shape index (κ3) is 4.05. The SMILES string of the molecule is O=C(c1cccc(I)c1)N(CCO)Cc1ccccc1.